The van der Waals surface area contributed by atoms with Gasteiger partial charge in [0.2, 0.25) is 0 Å². The number of aryl methyl sites for hydroxylation is 2. The maximum absolute atomic E-state index is 14.9. The molecule has 1 fully saturated rings. The number of amides is 4. The topological polar surface area (TPSA) is 203 Å². The van der Waals surface area contributed by atoms with Crippen LogP contribution >= 0.6 is 0 Å². The molecule has 4 aromatic carbocycles. The first kappa shape index (κ1) is 56.2. The van der Waals surface area contributed by atoms with Gasteiger partial charge < -0.3 is 53.5 Å². The zero-order valence-corrected chi connectivity index (χ0v) is 46.4. The van der Waals surface area contributed by atoms with Crippen molar-refractivity contribution >= 4 is 51.4 Å². The van der Waals surface area contributed by atoms with Gasteiger partial charge in [-0.15, -0.1) is 0 Å². The largest absolute Gasteiger partial charge is 0.484 e. The molecule has 0 unspecified atom stereocenters. The molecule has 80 heavy (non-hydrogen) atoms. The van der Waals surface area contributed by atoms with E-state index in [4.69, 9.17) is 32.8 Å². The lowest BCUT2D eigenvalue weighted by Gasteiger charge is -2.35. The summed E-state index contributed by atoms with van der Waals surface area (Å²) in [7, 11) is 0. The minimum absolute atomic E-state index is 0.133. The molecule has 3 aliphatic heterocycles. The van der Waals surface area contributed by atoms with Crippen LogP contribution in [0.5, 0.6) is 5.75 Å². The Morgan fingerprint density at radius 1 is 0.625 bits per heavy atom. The van der Waals surface area contributed by atoms with Crippen molar-refractivity contribution in [3.63, 3.8) is 0 Å². The fraction of sp³-hybridized carbons (Fsp3) is 0.333. The number of alkyl carbamates (subject to hydrolysis) is 1. The number of ether oxygens (including phenoxy) is 4. The van der Waals surface area contributed by atoms with Gasteiger partial charge in [0.1, 0.15) is 34.0 Å². The van der Waals surface area contributed by atoms with Gasteiger partial charge in [0.05, 0.1) is 31.8 Å². The van der Waals surface area contributed by atoms with Crippen LogP contribution in [-0.2, 0) is 19.0 Å². The number of rotatable bonds is 19. The van der Waals surface area contributed by atoms with Crippen LogP contribution in [0.15, 0.2) is 128 Å². The lowest BCUT2D eigenvalue weighted by Crippen LogP contribution is -2.50. The fourth-order valence-corrected chi connectivity index (χ4v) is 9.98. The SMILES string of the molecule is CC/N=c1\cc2oc3cc(NCC)c(C)cc3c(-c3ccccc3C(=O)N3CCN(C(=O)c4ccccc4-c4c5ccc(=O)cc-5oc5cc(OCC(=O)NCCOCCOCCNC(=O)OC(C)(C)C)ccc45)CC3)c-2cc1C. The van der Waals surface area contributed by atoms with Crippen LogP contribution in [0, 0.1) is 13.8 Å². The zero-order valence-electron chi connectivity index (χ0n) is 46.4. The molecular formula is C63H68N6O11. The summed E-state index contributed by atoms with van der Waals surface area (Å²) in [6, 6.07) is 33.1. The second-order valence-corrected chi connectivity index (χ2v) is 20.5. The third-order valence-electron chi connectivity index (χ3n) is 13.7. The summed E-state index contributed by atoms with van der Waals surface area (Å²) in [5.41, 5.74) is 8.82. The van der Waals surface area contributed by atoms with Crippen molar-refractivity contribution in [3.8, 4) is 50.7 Å². The highest BCUT2D eigenvalue weighted by Gasteiger charge is 2.31. The Kier molecular flexibility index (Phi) is 17.6. The molecular weight excluding hydrogens is 1020 g/mol. The molecule has 3 heterocycles. The summed E-state index contributed by atoms with van der Waals surface area (Å²) in [5, 5.41) is 11.3. The molecule has 0 saturated carbocycles. The summed E-state index contributed by atoms with van der Waals surface area (Å²) in [6.45, 7) is 17.6. The minimum Gasteiger partial charge on any atom is -0.484 e. The monoisotopic (exact) mass is 1080 g/mol. The average Bonchev–Trinajstić information content (AvgIpc) is 3.64. The Morgan fingerprint density at radius 3 is 1.85 bits per heavy atom. The minimum atomic E-state index is -0.577. The number of nitrogens with one attached hydrogen (secondary N) is 3. The Balaban J connectivity index is 0.879. The van der Waals surface area contributed by atoms with Gasteiger partial charge in [0, 0.05) is 126 Å². The van der Waals surface area contributed by atoms with E-state index in [1.165, 1.54) is 12.1 Å². The summed E-state index contributed by atoms with van der Waals surface area (Å²) in [4.78, 5) is 75.2. The van der Waals surface area contributed by atoms with Crippen molar-refractivity contribution in [3.05, 3.63) is 147 Å². The number of fused-ring (bicyclic) bond motifs is 4. The van der Waals surface area contributed by atoms with Crippen molar-refractivity contribution in [2.45, 2.75) is 54.1 Å². The molecule has 17 heteroatoms. The number of carbonyl (C=O) groups excluding carboxylic acids is 4. The van der Waals surface area contributed by atoms with E-state index < -0.39 is 11.7 Å². The zero-order chi connectivity index (χ0) is 56.5. The molecule has 5 aliphatic rings. The Morgan fingerprint density at radius 2 is 1.23 bits per heavy atom. The maximum atomic E-state index is 14.9. The van der Waals surface area contributed by atoms with Gasteiger partial charge in [-0.2, -0.15) is 0 Å². The van der Waals surface area contributed by atoms with Gasteiger partial charge in [0.15, 0.2) is 12.0 Å². The quantitative estimate of drug-likeness (QED) is 0.0512. The summed E-state index contributed by atoms with van der Waals surface area (Å²) in [5.74, 6) is 0.654. The van der Waals surface area contributed by atoms with Crippen molar-refractivity contribution in [1.82, 2.24) is 20.4 Å². The first-order valence-electron chi connectivity index (χ1n) is 27.2. The number of piperazine rings is 1. The van der Waals surface area contributed by atoms with Crippen molar-refractivity contribution < 1.29 is 47.0 Å². The third-order valence-corrected chi connectivity index (χ3v) is 13.7. The molecule has 1 saturated heterocycles. The Hall–Kier alpha value is -8.54. The van der Waals surface area contributed by atoms with Crippen LogP contribution in [0.3, 0.4) is 0 Å². The smallest absolute Gasteiger partial charge is 0.407 e. The predicted molar refractivity (Wildman–Crippen MR) is 309 cm³/mol. The highest BCUT2D eigenvalue weighted by atomic mass is 16.6. The van der Waals surface area contributed by atoms with E-state index in [2.05, 4.69) is 41.9 Å². The summed E-state index contributed by atoms with van der Waals surface area (Å²) in [6.07, 6.45) is -0.507. The van der Waals surface area contributed by atoms with Gasteiger partial charge in [-0.05, 0) is 119 Å². The molecule has 4 amide bonds. The second kappa shape index (κ2) is 25.1. The van der Waals surface area contributed by atoms with E-state index in [0.717, 1.165) is 50.8 Å². The van der Waals surface area contributed by atoms with E-state index in [9.17, 15) is 24.0 Å². The molecule has 0 bridgehead atoms. The molecule has 0 atom stereocenters. The highest BCUT2D eigenvalue weighted by molar-refractivity contribution is 6.11. The lowest BCUT2D eigenvalue weighted by molar-refractivity contribution is -0.123. The van der Waals surface area contributed by atoms with Crippen LogP contribution in [0.1, 0.15) is 66.5 Å². The van der Waals surface area contributed by atoms with E-state index in [1.54, 1.807) is 49.9 Å². The van der Waals surface area contributed by atoms with Crippen LogP contribution in [-0.4, -0.2) is 125 Å². The molecule has 9 rings (SSSR count). The molecule has 3 N–H and O–H groups in total. The number of hydrogen-bond donors (Lipinski definition) is 3. The molecule has 4 aromatic rings. The average molecular weight is 1090 g/mol. The van der Waals surface area contributed by atoms with E-state index in [0.29, 0.717) is 121 Å². The Labute approximate surface area is 464 Å². The standard InChI is InChI=1S/C63H68N6O11/c1-8-64-51-36-55-49(32-39(51)3)59(50-33-40(4)52(65-9-2)37-56(50)79-55)44-15-11-13-17-46(44)61(73)69-26-24-68(25-27-69)60(72)45-16-12-10-14-43(45)58-47-20-18-41(70)34-53(47)78-54-35-42(19-21-48(54)58)77-38-57(71)66-22-28-75-30-31-76-29-23-67-62(74)80-63(5,6)7/h10-21,32-37,64H,8-9,22-31,38H2,1-7H3,(H,66,71)(H,67,74)/b65-52+. The van der Waals surface area contributed by atoms with Gasteiger partial charge in [0.25, 0.3) is 17.7 Å². The van der Waals surface area contributed by atoms with Crippen LogP contribution < -0.4 is 31.5 Å². The molecule has 17 nitrogen and oxygen atoms in total. The second-order valence-electron chi connectivity index (χ2n) is 20.5. The number of carbonyl (C=O) groups is 4. The number of anilines is 1. The van der Waals surface area contributed by atoms with Gasteiger partial charge in [-0.25, -0.2) is 4.79 Å². The number of benzene rings is 6. The molecule has 0 radical (unpaired) electrons. The molecule has 0 spiro atoms. The third kappa shape index (κ3) is 13.0. The first-order chi connectivity index (χ1) is 38.6. The predicted octanol–water partition coefficient (Wildman–Crippen LogP) is 9.70. The first-order valence-corrected chi connectivity index (χ1v) is 27.2. The van der Waals surface area contributed by atoms with Crippen molar-refractivity contribution in [1.29, 1.82) is 0 Å². The van der Waals surface area contributed by atoms with Gasteiger partial charge in [-0.3, -0.25) is 24.2 Å². The highest BCUT2D eigenvalue weighted by Crippen LogP contribution is 2.45. The Bertz CT molecular complexity index is 3650. The van der Waals surface area contributed by atoms with Gasteiger partial charge in [-0.1, -0.05) is 36.4 Å². The van der Waals surface area contributed by atoms with Crippen LogP contribution in [0.2, 0.25) is 0 Å². The fourth-order valence-electron chi connectivity index (χ4n) is 9.98. The van der Waals surface area contributed by atoms with Gasteiger partial charge >= 0.3 is 6.09 Å². The van der Waals surface area contributed by atoms with Crippen molar-refractivity contribution in [2.24, 2.45) is 4.99 Å². The molecule has 0 aromatic heterocycles. The molecule has 416 valence electrons. The van der Waals surface area contributed by atoms with E-state index in [-0.39, 0.29) is 42.9 Å². The summed E-state index contributed by atoms with van der Waals surface area (Å²) >= 11 is 0. The molecule has 2 aliphatic carbocycles. The lowest BCUT2D eigenvalue weighted by atomic mass is 9.89. The number of nitrogens with zero attached hydrogens (tertiary/aromatic N) is 3. The van der Waals surface area contributed by atoms with Crippen LogP contribution in [0.25, 0.3) is 66.8 Å². The van der Waals surface area contributed by atoms with Crippen molar-refractivity contribution in [2.75, 3.05) is 90.7 Å². The van der Waals surface area contributed by atoms with Crippen LogP contribution in [0.4, 0.5) is 10.5 Å². The maximum Gasteiger partial charge on any atom is 0.407 e. The van der Waals surface area contributed by atoms with E-state index >= 15 is 0 Å². The number of hydrogen-bond acceptors (Lipinski definition) is 13. The summed E-state index contributed by atoms with van der Waals surface area (Å²) < 4.78 is 35.1. The normalized spacial score (nSPS) is 13.1. The van der Waals surface area contributed by atoms with E-state index in [1.807, 2.05) is 79.4 Å².